The van der Waals surface area contributed by atoms with Crippen LogP contribution in [-0.2, 0) is 6.61 Å². The number of nitrogens with one attached hydrogen (secondary N) is 1. The number of nitrogens with zero attached hydrogens (tertiary/aromatic N) is 4. The maximum absolute atomic E-state index is 13.9. The molecule has 0 saturated carbocycles. The van der Waals surface area contributed by atoms with Crippen LogP contribution in [0.1, 0.15) is 25.1 Å². The molecule has 2 aromatic rings. The number of H-pyrrole nitrogens is 1. The fraction of sp³-hybridized carbons (Fsp3) is 0.176. The lowest BCUT2D eigenvalue weighted by Crippen LogP contribution is -2.17. The lowest BCUT2D eigenvalue weighted by atomic mass is 10.2. The first kappa shape index (κ1) is 18.2. The van der Waals surface area contributed by atoms with Gasteiger partial charge in [0.1, 0.15) is 5.69 Å². The molecule has 0 aliphatic rings. The highest BCUT2D eigenvalue weighted by molar-refractivity contribution is 6.11. The van der Waals surface area contributed by atoms with E-state index in [-0.39, 0.29) is 29.7 Å². The molecule has 0 bridgehead atoms. The van der Waals surface area contributed by atoms with E-state index in [9.17, 15) is 9.50 Å². The average Bonchev–Trinajstić information content (AvgIpc) is 3.04. The van der Waals surface area contributed by atoms with E-state index in [0.717, 1.165) is 11.9 Å². The first-order valence-corrected chi connectivity index (χ1v) is 7.43. The van der Waals surface area contributed by atoms with Gasteiger partial charge < -0.3 is 15.8 Å². The number of aliphatic hydroxyl groups is 1. The van der Waals surface area contributed by atoms with E-state index in [1.54, 1.807) is 26.1 Å². The van der Waals surface area contributed by atoms with Crippen LogP contribution in [0.5, 0.6) is 0 Å². The molecule has 2 heterocycles. The van der Waals surface area contributed by atoms with Gasteiger partial charge in [-0.05, 0) is 26.0 Å². The molecule has 0 aliphatic carbocycles. The number of rotatable bonds is 5. The second kappa shape index (κ2) is 8.11. The van der Waals surface area contributed by atoms with Crippen molar-refractivity contribution in [1.29, 1.82) is 0 Å². The number of halogens is 1. The van der Waals surface area contributed by atoms with E-state index >= 15 is 0 Å². The highest BCUT2D eigenvalue weighted by Crippen LogP contribution is 2.19. The number of aliphatic hydroxyl groups excluding tert-OH is 1. The van der Waals surface area contributed by atoms with Crippen LogP contribution in [0, 0.1) is 5.82 Å². The molecular formula is C17H19FN6O. The molecular weight excluding hydrogens is 323 g/mol. The lowest BCUT2D eigenvalue weighted by molar-refractivity contribution is 0.282. The van der Waals surface area contributed by atoms with Crippen molar-refractivity contribution in [3.63, 3.8) is 0 Å². The van der Waals surface area contributed by atoms with E-state index in [1.165, 1.54) is 12.3 Å². The van der Waals surface area contributed by atoms with Crippen molar-refractivity contribution in [1.82, 2.24) is 9.97 Å². The van der Waals surface area contributed by atoms with Crippen LogP contribution in [0.3, 0.4) is 0 Å². The number of amidine groups is 2. The highest BCUT2D eigenvalue weighted by atomic mass is 19.1. The maximum Gasteiger partial charge on any atom is 0.179 e. The molecule has 4 N–H and O–H groups in total. The lowest BCUT2D eigenvalue weighted by Gasteiger charge is -2.06. The molecule has 0 aromatic carbocycles. The van der Waals surface area contributed by atoms with Gasteiger partial charge in [-0.3, -0.25) is 9.98 Å². The van der Waals surface area contributed by atoms with Gasteiger partial charge in [-0.15, -0.1) is 0 Å². The SMILES string of the molecule is C=C(N=C(C)C)C(N)=NC(=Nc1ccncc1F)c1[nH]ccc1CO. The Bertz CT molecular complexity index is 862. The van der Waals surface area contributed by atoms with Crippen LogP contribution in [0.15, 0.2) is 58.0 Å². The van der Waals surface area contributed by atoms with Crippen molar-refractivity contribution < 1.29 is 9.50 Å². The highest BCUT2D eigenvalue weighted by Gasteiger charge is 2.13. The standard InChI is InChI=1S/C17H19FN6O/c1-10(2)22-11(3)16(19)24-17(15-12(9-25)4-7-21-15)23-14-5-6-20-8-13(14)18/h4-8,21,25H,3,9H2,1-2H3,(H2,19,20,23,24). The summed E-state index contributed by atoms with van der Waals surface area (Å²) in [6.07, 6.45) is 4.08. The first-order valence-electron chi connectivity index (χ1n) is 7.43. The third kappa shape index (κ3) is 4.67. The van der Waals surface area contributed by atoms with Gasteiger partial charge in [-0.25, -0.2) is 14.4 Å². The van der Waals surface area contributed by atoms with E-state index in [4.69, 9.17) is 5.73 Å². The Morgan fingerprint density at radius 3 is 2.76 bits per heavy atom. The molecule has 0 unspecified atom stereocenters. The van der Waals surface area contributed by atoms with E-state index in [0.29, 0.717) is 11.3 Å². The van der Waals surface area contributed by atoms with Crippen molar-refractivity contribution in [3.8, 4) is 0 Å². The number of pyridine rings is 1. The van der Waals surface area contributed by atoms with Gasteiger partial charge in [0.2, 0.25) is 0 Å². The Morgan fingerprint density at radius 2 is 2.12 bits per heavy atom. The van der Waals surface area contributed by atoms with E-state index < -0.39 is 5.82 Å². The monoisotopic (exact) mass is 342 g/mol. The molecule has 130 valence electrons. The quantitative estimate of drug-likeness (QED) is 0.573. The smallest absolute Gasteiger partial charge is 0.179 e. The second-order valence-corrected chi connectivity index (χ2v) is 5.30. The van der Waals surface area contributed by atoms with Crippen LogP contribution >= 0.6 is 0 Å². The Balaban J connectivity index is 2.56. The fourth-order valence-electron chi connectivity index (χ4n) is 1.96. The molecule has 0 amide bonds. The number of nitrogens with two attached hydrogens (primary N) is 1. The van der Waals surface area contributed by atoms with Gasteiger partial charge in [0.05, 0.1) is 24.2 Å². The summed E-state index contributed by atoms with van der Waals surface area (Å²) < 4.78 is 13.9. The molecule has 8 heteroatoms. The molecule has 2 aromatic heterocycles. The summed E-state index contributed by atoms with van der Waals surface area (Å²) in [7, 11) is 0. The summed E-state index contributed by atoms with van der Waals surface area (Å²) in [4.78, 5) is 19.2. The predicted octanol–water partition coefficient (Wildman–Crippen LogP) is 2.47. The van der Waals surface area contributed by atoms with Gasteiger partial charge in [-0.2, -0.15) is 0 Å². The fourth-order valence-corrected chi connectivity index (χ4v) is 1.96. The molecule has 0 fully saturated rings. The molecule has 0 saturated heterocycles. The Hall–Kier alpha value is -3.13. The van der Waals surface area contributed by atoms with Gasteiger partial charge in [-0.1, -0.05) is 6.58 Å². The Morgan fingerprint density at radius 1 is 1.36 bits per heavy atom. The summed E-state index contributed by atoms with van der Waals surface area (Å²) in [5, 5.41) is 9.46. The van der Waals surface area contributed by atoms with Crippen molar-refractivity contribution in [3.05, 3.63) is 60.1 Å². The molecule has 0 atom stereocenters. The van der Waals surface area contributed by atoms with Crippen molar-refractivity contribution in [2.24, 2.45) is 20.7 Å². The number of aromatic nitrogens is 2. The minimum atomic E-state index is -0.605. The zero-order chi connectivity index (χ0) is 18.4. The number of aromatic amines is 1. The molecule has 2 rings (SSSR count). The third-order valence-electron chi connectivity index (χ3n) is 3.09. The van der Waals surface area contributed by atoms with Crippen LogP contribution in [0.25, 0.3) is 0 Å². The van der Waals surface area contributed by atoms with Crippen LogP contribution in [0.2, 0.25) is 0 Å². The van der Waals surface area contributed by atoms with E-state index in [2.05, 4.69) is 31.5 Å². The summed E-state index contributed by atoms with van der Waals surface area (Å²) in [6, 6.07) is 3.08. The molecule has 0 spiro atoms. The van der Waals surface area contributed by atoms with Crippen LogP contribution < -0.4 is 5.73 Å². The number of aliphatic imine (C=N–C) groups is 3. The molecule has 7 nitrogen and oxygen atoms in total. The summed E-state index contributed by atoms with van der Waals surface area (Å²) in [5.74, 6) is -0.471. The minimum Gasteiger partial charge on any atom is -0.392 e. The maximum atomic E-state index is 13.9. The van der Waals surface area contributed by atoms with Gasteiger partial charge in [0, 0.05) is 23.7 Å². The van der Waals surface area contributed by atoms with Crippen LogP contribution in [-0.4, -0.2) is 32.5 Å². The number of hydrogen-bond donors (Lipinski definition) is 3. The second-order valence-electron chi connectivity index (χ2n) is 5.30. The Kier molecular flexibility index (Phi) is 5.91. The van der Waals surface area contributed by atoms with Crippen molar-refractivity contribution in [2.45, 2.75) is 20.5 Å². The number of hydrogen-bond acceptors (Lipinski definition) is 4. The van der Waals surface area contributed by atoms with Crippen molar-refractivity contribution in [2.75, 3.05) is 0 Å². The predicted molar refractivity (Wildman–Crippen MR) is 96.7 cm³/mol. The van der Waals surface area contributed by atoms with Gasteiger partial charge >= 0.3 is 0 Å². The van der Waals surface area contributed by atoms with Crippen molar-refractivity contribution >= 4 is 23.1 Å². The summed E-state index contributed by atoms with van der Waals surface area (Å²) in [6.45, 7) is 7.12. The molecule has 0 radical (unpaired) electrons. The normalized spacial score (nSPS) is 12.2. The molecule has 0 aliphatic heterocycles. The average molecular weight is 342 g/mol. The van der Waals surface area contributed by atoms with E-state index in [1.807, 2.05) is 0 Å². The minimum absolute atomic E-state index is 0.0351. The van der Waals surface area contributed by atoms with Crippen LogP contribution in [0.4, 0.5) is 10.1 Å². The zero-order valence-electron chi connectivity index (χ0n) is 14.0. The zero-order valence-corrected chi connectivity index (χ0v) is 14.0. The topological polar surface area (TPSA) is 112 Å². The molecule has 25 heavy (non-hydrogen) atoms. The summed E-state index contributed by atoms with van der Waals surface area (Å²) >= 11 is 0. The Labute approximate surface area is 144 Å². The summed E-state index contributed by atoms with van der Waals surface area (Å²) in [5.41, 5.74) is 7.97. The third-order valence-corrected chi connectivity index (χ3v) is 3.09. The first-order chi connectivity index (χ1) is 11.9. The van der Waals surface area contributed by atoms with Gasteiger partial charge in [0.15, 0.2) is 17.5 Å². The van der Waals surface area contributed by atoms with Gasteiger partial charge in [0.25, 0.3) is 0 Å². The largest absolute Gasteiger partial charge is 0.392 e.